The van der Waals surface area contributed by atoms with E-state index < -0.39 is 52.8 Å². The van der Waals surface area contributed by atoms with E-state index in [1.807, 2.05) is 0 Å². The number of rotatable bonds is 6. The van der Waals surface area contributed by atoms with Crippen LogP contribution in [0.1, 0.15) is 0 Å². The lowest BCUT2D eigenvalue weighted by molar-refractivity contribution is -0.447. The zero-order chi connectivity index (χ0) is 20.2. The molecule has 0 spiro atoms. The molecule has 0 saturated carbocycles. The Morgan fingerprint density at radius 1 is 0.417 bits per heavy atom. The second-order valence-electron chi connectivity index (χ2n) is 4.09. The molecular formula is C8H3F15S. The van der Waals surface area contributed by atoms with Crippen molar-refractivity contribution in [2.75, 3.05) is 6.26 Å². The summed E-state index contributed by atoms with van der Waals surface area (Å²) in [4.78, 5) is 0. The van der Waals surface area contributed by atoms with Crippen LogP contribution >= 0.6 is 11.8 Å². The lowest BCUT2D eigenvalue weighted by atomic mass is 9.94. The van der Waals surface area contributed by atoms with Crippen LogP contribution in [0.4, 0.5) is 65.9 Å². The highest BCUT2D eigenvalue weighted by atomic mass is 32.2. The molecule has 0 aromatic heterocycles. The van der Waals surface area contributed by atoms with E-state index in [-0.39, 0.29) is 6.26 Å². The molecule has 0 nitrogen and oxygen atoms in total. The van der Waals surface area contributed by atoms with Crippen molar-refractivity contribution in [3.05, 3.63) is 0 Å². The normalized spacial score (nSPS) is 16.5. The topological polar surface area (TPSA) is 0 Å². The highest BCUT2D eigenvalue weighted by molar-refractivity contribution is 7.99. The standard InChI is InChI=1S/C8H3F15S/c1-24-8(22,23)6(17,18)4(13,14)2(9,10)3(11,12)5(15,16)7(19,20)21/h1H3. The minimum Gasteiger partial charge on any atom is -0.192 e. The Kier molecular flexibility index (Phi) is 5.49. The summed E-state index contributed by atoms with van der Waals surface area (Å²) in [5.41, 5.74) is 0. The molecule has 0 aliphatic carbocycles. The van der Waals surface area contributed by atoms with Crippen LogP contribution in [0.3, 0.4) is 0 Å². The van der Waals surface area contributed by atoms with Crippen molar-refractivity contribution in [1.29, 1.82) is 0 Å². The van der Waals surface area contributed by atoms with Crippen molar-refractivity contribution >= 4 is 11.8 Å². The fourth-order valence-corrected chi connectivity index (χ4v) is 1.47. The van der Waals surface area contributed by atoms with Crippen LogP contribution in [0, 0.1) is 0 Å². The maximum atomic E-state index is 12.9. The van der Waals surface area contributed by atoms with Crippen LogP contribution in [0.15, 0.2) is 0 Å². The van der Waals surface area contributed by atoms with Crippen LogP contribution in [-0.4, -0.2) is 47.3 Å². The van der Waals surface area contributed by atoms with Crippen LogP contribution in [0.5, 0.6) is 0 Å². The van der Waals surface area contributed by atoms with Crippen molar-refractivity contribution < 1.29 is 65.9 Å². The van der Waals surface area contributed by atoms with E-state index in [1.54, 1.807) is 0 Å². The lowest BCUT2D eigenvalue weighted by Crippen LogP contribution is -2.72. The summed E-state index contributed by atoms with van der Waals surface area (Å²) in [5, 5.41) is -6.20. The van der Waals surface area contributed by atoms with Crippen LogP contribution in [0.25, 0.3) is 0 Å². The van der Waals surface area contributed by atoms with Gasteiger partial charge in [-0.3, -0.25) is 0 Å². The first kappa shape index (κ1) is 23.3. The first-order valence-corrected chi connectivity index (χ1v) is 6.17. The molecule has 16 heteroatoms. The van der Waals surface area contributed by atoms with Gasteiger partial charge in [0.15, 0.2) is 0 Å². The summed E-state index contributed by atoms with van der Waals surface area (Å²) in [6.07, 6.45) is -7.64. The molecule has 0 atom stereocenters. The molecule has 0 aromatic carbocycles. The van der Waals surface area contributed by atoms with E-state index in [4.69, 9.17) is 0 Å². The highest BCUT2D eigenvalue weighted by Gasteiger charge is 2.93. The minimum absolute atomic E-state index is 0.0649. The Morgan fingerprint density at radius 3 is 0.917 bits per heavy atom. The van der Waals surface area contributed by atoms with Gasteiger partial charge in [-0.25, -0.2) is 0 Å². The number of halogens is 15. The minimum atomic E-state index is -8.21. The van der Waals surface area contributed by atoms with Crippen LogP contribution in [0.2, 0.25) is 0 Å². The van der Waals surface area contributed by atoms with Crippen molar-refractivity contribution in [1.82, 2.24) is 0 Å². The second kappa shape index (κ2) is 5.65. The predicted octanol–water partition coefficient (Wildman–Crippen LogP) is 5.68. The maximum absolute atomic E-state index is 12.9. The Balaban J connectivity index is 6.42. The average molecular weight is 416 g/mol. The van der Waals surface area contributed by atoms with Gasteiger partial charge in [0, 0.05) is 0 Å². The average Bonchev–Trinajstić information content (AvgIpc) is 2.36. The fourth-order valence-electron chi connectivity index (χ4n) is 1.08. The molecule has 0 rings (SSSR count). The molecule has 0 aromatic rings. The number of thioether (sulfide) groups is 1. The Bertz CT molecular complexity index is 461. The van der Waals surface area contributed by atoms with Gasteiger partial charge in [0.05, 0.1) is 0 Å². The maximum Gasteiger partial charge on any atom is 0.460 e. The third-order valence-corrected chi connectivity index (χ3v) is 3.32. The van der Waals surface area contributed by atoms with Gasteiger partial charge in [-0.1, -0.05) is 11.8 Å². The van der Waals surface area contributed by atoms with Crippen molar-refractivity contribution in [3.63, 3.8) is 0 Å². The Morgan fingerprint density at radius 2 is 0.667 bits per heavy atom. The van der Waals surface area contributed by atoms with E-state index >= 15 is 0 Å². The van der Waals surface area contributed by atoms with E-state index in [0.717, 1.165) is 0 Å². The largest absolute Gasteiger partial charge is 0.460 e. The summed E-state index contributed by atoms with van der Waals surface area (Å²) in [6.45, 7) is 0. The third-order valence-electron chi connectivity index (χ3n) is 2.56. The van der Waals surface area contributed by atoms with E-state index in [9.17, 15) is 65.9 Å². The Hall–Kier alpha value is -0.700. The van der Waals surface area contributed by atoms with Gasteiger partial charge < -0.3 is 0 Å². The van der Waals surface area contributed by atoms with E-state index in [0.29, 0.717) is 0 Å². The summed E-state index contributed by atoms with van der Waals surface area (Å²) in [5.74, 6) is -39.7. The molecule has 0 unspecified atom stereocenters. The predicted molar refractivity (Wildman–Crippen MR) is 49.3 cm³/mol. The molecule has 0 aliphatic heterocycles. The highest BCUT2D eigenvalue weighted by Crippen LogP contribution is 2.63. The molecule has 0 bridgehead atoms. The lowest BCUT2D eigenvalue weighted by Gasteiger charge is -2.41. The fraction of sp³-hybridized carbons (Fsp3) is 1.00. The molecule has 0 saturated heterocycles. The van der Waals surface area contributed by atoms with Crippen LogP contribution in [-0.2, 0) is 0 Å². The SMILES string of the molecule is CSC(F)(F)C(F)(F)C(F)(F)C(F)(F)C(F)(F)C(F)(F)C(F)(F)F. The zero-order valence-corrected chi connectivity index (χ0v) is 11.4. The quantitative estimate of drug-likeness (QED) is 0.502. The first-order chi connectivity index (χ1) is 10.1. The summed E-state index contributed by atoms with van der Waals surface area (Å²) >= 11 is -1.55. The molecule has 0 amide bonds. The second-order valence-corrected chi connectivity index (χ2v) is 5.01. The molecule has 0 aliphatic rings. The van der Waals surface area contributed by atoms with Gasteiger partial charge in [-0.05, 0) is 6.26 Å². The summed E-state index contributed by atoms with van der Waals surface area (Å²) in [7, 11) is 0. The van der Waals surface area contributed by atoms with Gasteiger partial charge in [0.25, 0.3) is 0 Å². The van der Waals surface area contributed by atoms with Crippen molar-refractivity contribution in [2.45, 2.75) is 41.0 Å². The van der Waals surface area contributed by atoms with Crippen LogP contribution < -0.4 is 0 Å². The summed E-state index contributed by atoms with van der Waals surface area (Å²) in [6, 6.07) is 0. The van der Waals surface area contributed by atoms with Gasteiger partial charge in [0.2, 0.25) is 0 Å². The number of hydrogen-bond acceptors (Lipinski definition) is 1. The molecule has 0 N–H and O–H groups in total. The van der Waals surface area contributed by atoms with Crippen molar-refractivity contribution in [3.8, 4) is 0 Å². The molecule has 0 fully saturated rings. The van der Waals surface area contributed by atoms with E-state index in [2.05, 4.69) is 0 Å². The van der Waals surface area contributed by atoms with Crippen molar-refractivity contribution in [2.24, 2.45) is 0 Å². The van der Waals surface area contributed by atoms with Gasteiger partial charge in [0.1, 0.15) is 0 Å². The first-order valence-electron chi connectivity index (χ1n) is 4.95. The monoisotopic (exact) mass is 416 g/mol. The van der Waals surface area contributed by atoms with Gasteiger partial charge >= 0.3 is 41.0 Å². The molecule has 0 radical (unpaired) electrons. The third kappa shape index (κ3) is 2.77. The molecule has 24 heavy (non-hydrogen) atoms. The Labute approximate surface area is 126 Å². The van der Waals surface area contributed by atoms with Gasteiger partial charge in [-0.15, -0.1) is 0 Å². The zero-order valence-electron chi connectivity index (χ0n) is 10.6. The molecule has 146 valence electrons. The van der Waals surface area contributed by atoms with E-state index in [1.165, 1.54) is 0 Å². The smallest absolute Gasteiger partial charge is 0.192 e. The summed E-state index contributed by atoms with van der Waals surface area (Å²) < 4.78 is 188. The number of hydrogen-bond donors (Lipinski definition) is 0. The molecule has 0 heterocycles. The number of alkyl halides is 15. The van der Waals surface area contributed by atoms with Gasteiger partial charge in [-0.2, -0.15) is 65.9 Å². The molecular weight excluding hydrogens is 413 g/mol.